The number of hydrogen-bond donors (Lipinski definition) is 0. The van der Waals surface area contributed by atoms with E-state index in [1.54, 1.807) is 26.1 Å². The van der Waals surface area contributed by atoms with Gasteiger partial charge in [-0.3, -0.25) is 0 Å². The van der Waals surface area contributed by atoms with E-state index in [1.807, 2.05) is 6.07 Å². The Balaban J connectivity index is 2.36. The normalized spacial score (nSPS) is 17.1. The van der Waals surface area contributed by atoms with E-state index in [-0.39, 0.29) is 10.9 Å². The van der Waals surface area contributed by atoms with Gasteiger partial charge in [-0.05, 0) is 37.5 Å². The van der Waals surface area contributed by atoms with Crippen LogP contribution < -0.4 is 0 Å². The summed E-state index contributed by atoms with van der Waals surface area (Å²) in [6.07, 6.45) is 5.20. The predicted octanol–water partition coefficient (Wildman–Crippen LogP) is 2.82. The molecular formula is C15H20N2O2S. The summed E-state index contributed by atoms with van der Waals surface area (Å²) in [4.78, 5) is 0.254. The molecule has 108 valence electrons. The van der Waals surface area contributed by atoms with Crippen LogP contribution in [0.3, 0.4) is 0 Å². The molecule has 1 aromatic carbocycles. The fourth-order valence-electron chi connectivity index (χ4n) is 2.74. The van der Waals surface area contributed by atoms with Crippen molar-refractivity contribution in [3.8, 4) is 6.07 Å². The van der Waals surface area contributed by atoms with Crippen molar-refractivity contribution in [2.24, 2.45) is 0 Å². The summed E-state index contributed by atoms with van der Waals surface area (Å²) in [5.74, 6) is 0. The minimum Gasteiger partial charge on any atom is -0.207 e. The molecule has 0 atom stereocenters. The molecule has 0 unspecified atom stereocenters. The quantitative estimate of drug-likeness (QED) is 0.860. The van der Waals surface area contributed by atoms with Gasteiger partial charge in [-0.2, -0.15) is 9.57 Å². The molecule has 0 radical (unpaired) electrons. The Morgan fingerprint density at radius 3 is 2.50 bits per heavy atom. The molecule has 0 N–H and O–H groups in total. The van der Waals surface area contributed by atoms with Crippen molar-refractivity contribution in [1.82, 2.24) is 4.31 Å². The van der Waals surface area contributed by atoms with Crippen LogP contribution in [0.5, 0.6) is 0 Å². The first kappa shape index (κ1) is 15.0. The minimum atomic E-state index is -3.52. The van der Waals surface area contributed by atoms with Gasteiger partial charge in [0.05, 0.1) is 16.5 Å². The van der Waals surface area contributed by atoms with Crippen molar-refractivity contribution in [2.75, 3.05) is 7.05 Å². The monoisotopic (exact) mass is 292 g/mol. The molecule has 1 saturated carbocycles. The van der Waals surface area contributed by atoms with E-state index >= 15 is 0 Å². The smallest absolute Gasteiger partial charge is 0.207 e. The molecular weight excluding hydrogens is 272 g/mol. The summed E-state index contributed by atoms with van der Waals surface area (Å²) in [5.41, 5.74) is 1.07. The van der Waals surface area contributed by atoms with Crippen molar-refractivity contribution in [3.05, 3.63) is 29.3 Å². The van der Waals surface area contributed by atoms with Crippen LogP contribution in [0.2, 0.25) is 0 Å². The van der Waals surface area contributed by atoms with Crippen LogP contribution in [0.1, 0.15) is 43.2 Å². The zero-order valence-electron chi connectivity index (χ0n) is 12.0. The van der Waals surface area contributed by atoms with Gasteiger partial charge in [0.1, 0.15) is 0 Å². The van der Waals surface area contributed by atoms with E-state index in [0.29, 0.717) is 11.1 Å². The number of sulfonamides is 1. The van der Waals surface area contributed by atoms with E-state index in [4.69, 9.17) is 5.26 Å². The minimum absolute atomic E-state index is 0.0823. The molecule has 4 nitrogen and oxygen atoms in total. The van der Waals surface area contributed by atoms with Crippen LogP contribution >= 0.6 is 0 Å². The zero-order valence-corrected chi connectivity index (χ0v) is 12.8. The van der Waals surface area contributed by atoms with Crippen molar-refractivity contribution in [2.45, 2.75) is 50.0 Å². The Bertz CT molecular complexity index is 626. The lowest BCUT2D eigenvalue weighted by Gasteiger charge is -2.30. The number of nitriles is 1. The summed E-state index contributed by atoms with van der Waals surface area (Å²) in [7, 11) is -1.86. The predicted molar refractivity (Wildman–Crippen MR) is 77.7 cm³/mol. The molecule has 0 amide bonds. The lowest BCUT2D eigenvalue weighted by Crippen LogP contribution is -2.38. The maximum atomic E-state index is 12.7. The Morgan fingerprint density at radius 1 is 1.25 bits per heavy atom. The van der Waals surface area contributed by atoms with Gasteiger partial charge in [-0.25, -0.2) is 8.42 Å². The van der Waals surface area contributed by atoms with Crippen LogP contribution in [0.4, 0.5) is 0 Å². The van der Waals surface area contributed by atoms with Crippen molar-refractivity contribution >= 4 is 10.0 Å². The Hall–Kier alpha value is -1.38. The first-order chi connectivity index (χ1) is 9.46. The first-order valence-corrected chi connectivity index (χ1v) is 8.39. The molecule has 0 aromatic heterocycles. The van der Waals surface area contributed by atoms with Crippen LogP contribution in [0.25, 0.3) is 0 Å². The van der Waals surface area contributed by atoms with Gasteiger partial charge in [0.15, 0.2) is 0 Å². The fraction of sp³-hybridized carbons (Fsp3) is 0.533. The highest BCUT2D eigenvalue weighted by Crippen LogP contribution is 2.28. The van der Waals surface area contributed by atoms with Gasteiger partial charge in [0, 0.05) is 13.1 Å². The van der Waals surface area contributed by atoms with Crippen molar-refractivity contribution < 1.29 is 8.42 Å². The summed E-state index contributed by atoms with van der Waals surface area (Å²) in [5, 5.41) is 8.95. The molecule has 1 aliphatic rings. The molecule has 2 rings (SSSR count). The highest BCUT2D eigenvalue weighted by Gasteiger charge is 2.30. The Labute approximate surface area is 121 Å². The molecule has 1 fully saturated rings. The van der Waals surface area contributed by atoms with Gasteiger partial charge in [0.25, 0.3) is 0 Å². The van der Waals surface area contributed by atoms with Gasteiger partial charge in [0.2, 0.25) is 10.0 Å². The second-order valence-corrected chi connectivity index (χ2v) is 7.37. The molecule has 0 heterocycles. The largest absolute Gasteiger partial charge is 0.243 e. The number of benzene rings is 1. The highest BCUT2D eigenvalue weighted by molar-refractivity contribution is 7.89. The fourth-order valence-corrected chi connectivity index (χ4v) is 4.41. The van der Waals surface area contributed by atoms with Gasteiger partial charge in [-0.1, -0.05) is 25.3 Å². The second-order valence-electron chi connectivity index (χ2n) is 5.41. The maximum absolute atomic E-state index is 12.7. The van der Waals surface area contributed by atoms with Crippen molar-refractivity contribution in [3.63, 3.8) is 0 Å². The van der Waals surface area contributed by atoms with Crippen LogP contribution in [-0.2, 0) is 10.0 Å². The molecule has 20 heavy (non-hydrogen) atoms. The zero-order chi connectivity index (χ0) is 14.8. The molecule has 0 saturated heterocycles. The summed E-state index contributed by atoms with van der Waals surface area (Å²) in [6, 6.07) is 6.90. The van der Waals surface area contributed by atoms with Gasteiger partial charge >= 0.3 is 0 Å². The number of rotatable bonds is 3. The average molecular weight is 292 g/mol. The first-order valence-electron chi connectivity index (χ1n) is 6.95. The maximum Gasteiger partial charge on any atom is 0.243 e. The van der Waals surface area contributed by atoms with Crippen LogP contribution in [-0.4, -0.2) is 25.8 Å². The summed E-state index contributed by atoms with van der Waals surface area (Å²) < 4.78 is 27.0. The third-order valence-corrected chi connectivity index (χ3v) is 6.12. The molecule has 0 spiro atoms. The second kappa shape index (κ2) is 5.94. The third kappa shape index (κ3) is 2.87. The molecule has 5 heteroatoms. The molecule has 0 bridgehead atoms. The van der Waals surface area contributed by atoms with Gasteiger partial charge in [-0.15, -0.1) is 0 Å². The third-order valence-electron chi connectivity index (χ3n) is 4.06. The molecule has 1 aromatic rings. The van der Waals surface area contributed by atoms with E-state index in [1.165, 1.54) is 16.8 Å². The lowest BCUT2D eigenvalue weighted by molar-refractivity contribution is 0.285. The number of nitrogens with zero attached hydrogens (tertiary/aromatic N) is 2. The molecule has 1 aliphatic carbocycles. The van der Waals surface area contributed by atoms with Gasteiger partial charge < -0.3 is 0 Å². The number of hydrogen-bond acceptors (Lipinski definition) is 3. The van der Waals surface area contributed by atoms with Crippen LogP contribution in [0.15, 0.2) is 23.1 Å². The summed E-state index contributed by atoms with van der Waals surface area (Å²) >= 11 is 0. The van der Waals surface area contributed by atoms with Crippen molar-refractivity contribution in [1.29, 1.82) is 5.26 Å². The topological polar surface area (TPSA) is 61.2 Å². The average Bonchev–Trinajstić information content (AvgIpc) is 2.47. The number of aryl methyl sites for hydroxylation is 1. The standard InChI is InChI=1S/C15H20N2O2S/c1-12-8-9-13(11-16)10-15(12)20(18,19)17(2)14-6-4-3-5-7-14/h8-10,14H,3-7H2,1-2H3. The Kier molecular flexibility index (Phi) is 4.46. The lowest BCUT2D eigenvalue weighted by atomic mass is 9.96. The van der Waals surface area contributed by atoms with E-state index in [2.05, 4.69) is 0 Å². The van der Waals surface area contributed by atoms with Crippen LogP contribution in [0, 0.1) is 18.3 Å². The van der Waals surface area contributed by atoms with E-state index in [9.17, 15) is 8.42 Å². The molecule has 0 aliphatic heterocycles. The Morgan fingerprint density at radius 2 is 1.90 bits per heavy atom. The highest BCUT2D eigenvalue weighted by atomic mass is 32.2. The van der Waals surface area contributed by atoms with E-state index in [0.717, 1.165) is 25.7 Å². The SMILES string of the molecule is Cc1ccc(C#N)cc1S(=O)(=O)N(C)C1CCCCC1. The summed E-state index contributed by atoms with van der Waals surface area (Å²) in [6.45, 7) is 1.77. The van der Waals surface area contributed by atoms with E-state index < -0.39 is 10.0 Å².